The number of anilines is 1. The molecule has 0 unspecified atom stereocenters. The van der Waals surface area contributed by atoms with Gasteiger partial charge in [-0.1, -0.05) is 35.3 Å². The van der Waals surface area contributed by atoms with E-state index in [9.17, 15) is 18.5 Å². The summed E-state index contributed by atoms with van der Waals surface area (Å²) >= 11 is 11.7. The third kappa shape index (κ3) is 4.57. The lowest BCUT2D eigenvalue weighted by Gasteiger charge is -2.10. The molecule has 0 aliphatic rings. The summed E-state index contributed by atoms with van der Waals surface area (Å²) in [5.74, 6) is 0. The second kappa shape index (κ2) is 7.80. The van der Waals surface area contributed by atoms with Crippen molar-refractivity contribution >= 4 is 44.6 Å². The maximum Gasteiger partial charge on any atom is 0.292 e. The smallest absolute Gasteiger partial charge is 0.292 e. The number of halogens is 2. The van der Waals surface area contributed by atoms with Crippen molar-refractivity contribution in [2.75, 3.05) is 18.4 Å². The number of hydrogen-bond donors (Lipinski definition) is 2. The van der Waals surface area contributed by atoms with Crippen LogP contribution in [0.2, 0.25) is 10.0 Å². The Morgan fingerprint density at radius 1 is 1.08 bits per heavy atom. The average Bonchev–Trinajstić information content (AvgIpc) is 2.54. The first-order chi connectivity index (χ1) is 11.3. The Morgan fingerprint density at radius 3 is 2.50 bits per heavy atom. The molecule has 2 aromatic carbocycles. The molecule has 2 N–H and O–H groups in total. The van der Waals surface area contributed by atoms with Crippen molar-refractivity contribution in [1.29, 1.82) is 0 Å². The van der Waals surface area contributed by atoms with Crippen molar-refractivity contribution in [3.63, 3.8) is 0 Å². The van der Waals surface area contributed by atoms with Gasteiger partial charge in [-0.3, -0.25) is 10.1 Å². The van der Waals surface area contributed by atoms with Crippen molar-refractivity contribution in [3.05, 3.63) is 62.6 Å². The van der Waals surface area contributed by atoms with Gasteiger partial charge in [0.2, 0.25) is 10.0 Å². The summed E-state index contributed by atoms with van der Waals surface area (Å²) in [6, 6.07) is 10.2. The highest BCUT2D eigenvalue weighted by Gasteiger charge is 2.18. The molecule has 0 bridgehead atoms. The molecule has 0 aliphatic heterocycles. The Bertz CT molecular complexity index is 859. The van der Waals surface area contributed by atoms with Crippen LogP contribution in [0.3, 0.4) is 0 Å². The minimum atomic E-state index is -3.83. The number of hydrogen-bond acceptors (Lipinski definition) is 5. The number of benzene rings is 2. The van der Waals surface area contributed by atoms with E-state index in [1.807, 2.05) is 0 Å². The molecule has 10 heteroatoms. The quantitative estimate of drug-likeness (QED) is 0.429. The summed E-state index contributed by atoms with van der Waals surface area (Å²) in [5.41, 5.74) is 0.223. The normalized spacial score (nSPS) is 11.2. The third-order valence-corrected chi connectivity index (χ3v) is 5.19. The summed E-state index contributed by atoms with van der Waals surface area (Å²) in [4.78, 5) is 10.3. The molecule has 0 saturated carbocycles. The van der Waals surface area contributed by atoms with Crippen LogP contribution in [-0.2, 0) is 10.0 Å². The Labute approximate surface area is 148 Å². The molecule has 0 heterocycles. The first-order valence-electron chi connectivity index (χ1n) is 6.73. The van der Waals surface area contributed by atoms with Crippen LogP contribution in [0.1, 0.15) is 0 Å². The van der Waals surface area contributed by atoms with Gasteiger partial charge in [-0.15, -0.1) is 0 Å². The van der Waals surface area contributed by atoms with Crippen LogP contribution in [0.15, 0.2) is 47.4 Å². The van der Waals surface area contributed by atoms with Gasteiger partial charge in [-0.25, -0.2) is 13.1 Å². The van der Waals surface area contributed by atoms with Crippen molar-refractivity contribution in [2.24, 2.45) is 0 Å². The molecule has 0 aromatic heterocycles. The van der Waals surface area contributed by atoms with Crippen molar-refractivity contribution in [2.45, 2.75) is 4.90 Å². The maximum atomic E-state index is 12.2. The largest absolute Gasteiger partial charge is 0.378 e. The van der Waals surface area contributed by atoms with E-state index in [2.05, 4.69) is 10.0 Å². The highest BCUT2D eigenvalue weighted by molar-refractivity contribution is 7.89. The SMILES string of the molecule is O=[N+]([O-])c1ccccc1NCCNS(=O)(=O)c1cc(Cl)ccc1Cl. The zero-order valence-electron chi connectivity index (χ0n) is 12.2. The van der Waals surface area contributed by atoms with Crippen LogP contribution in [-0.4, -0.2) is 26.4 Å². The Hall–Kier alpha value is -1.87. The number of sulfonamides is 1. The number of rotatable bonds is 7. The molecule has 0 radical (unpaired) electrons. The highest BCUT2D eigenvalue weighted by Crippen LogP contribution is 2.25. The lowest BCUT2D eigenvalue weighted by atomic mass is 10.2. The van der Waals surface area contributed by atoms with Crippen LogP contribution in [0.25, 0.3) is 0 Å². The second-order valence-corrected chi connectivity index (χ2v) is 7.25. The molecule has 7 nitrogen and oxygen atoms in total. The molecule has 0 fully saturated rings. The molecule has 0 amide bonds. The van der Waals surface area contributed by atoms with Crippen LogP contribution < -0.4 is 10.0 Å². The number of para-hydroxylation sites is 2. The summed E-state index contributed by atoms with van der Waals surface area (Å²) in [5, 5.41) is 14.0. The van der Waals surface area contributed by atoms with Crippen molar-refractivity contribution in [1.82, 2.24) is 4.72 Å². The monoisotopic (exact) mass is 389 g/mol. The molecule has 0 saturated heterocycles. The molecular weight excluding hydrogens is 377 g/mol. The first kappa shape index (κ1) is 18.5. The van der Waals surface area contributed by atoms with E-state index in [1.54, 1.807) is 18.2 Å². The van der Waals surface area contributed by atoms with Crippen LogP contribution in [0, 0.1) is 10.1 Å². The zero-order valence-corrected chi connectivity index (χ0v) is 14.5. The summed E-state index contributed by atoms with van der Waals surface area (Å²) < 4.78 is 26.8. The van der Waals surface area contributed by atoms with Gasteiger partial charge >= 0.3 is 0 Å². The van der Waals surface area contributed by atoms with Crippen LogP contribution in [0.4, 0.5) is 11.4 Å². The second-order valence-electron chi connectivity index (χ2n) is 4.67. The highest BCUT2D eigenvalue weighted by atomic mass is 35.5. The Morgan fingerprint density at radius 2 is 1.79 bits per heavy atom. The van der Waals surface area contributed by atoms with E-state index < -0.39 is 14.9 Å². The molecular formula is C14H13Cl2N3O4S. The molecule has 128 valence electrons. The van der Waals surface area contributed by atoms with E-state index in [4.69, 9.17) is 23.2 Å². The number of nitro benzene ring substituents is 1. The molecule has 24 heavy (non-hydrogen) atoms. The van der Waals surface area contributed by atoms with E-state index in [-0.39, 0.29) is 33.7 Å². The summed E-state index contributed by atoms with van der Waals surface area (Å²) in [6.07, 6.45) is 0. The van der Waals surface area contributed by atoms with Crippen molar-refractivity contribution < 1.29 is 13.3 Å². The number of nitro groups is 1. The van der Waals surface area contributed by atoms with Gasteiger partial charge in [0, 0.05) is 24.2 Å². The average molecular weight is 390 g/mol. The summed E-state index contributed by atoms with van der Waals surface area (Å²) in [7, 11) is -3.83. The van der Waals surface area contributed by atoms with Gasteiger partial charge in [0.1, 0.15) is 10.6 Å². The maximum absolute atomic E-state index is 12.2. The number of nitrogens with one attached hydrogen (secondary N) is 2. The molecule has 2 aromatic rings. The van der Waals surface area contributed by atoms with Crippen LogP contribution in [0.5, 0.6) is 0 Å². The summed E-state index contributed by atoms with van der Waals surface area (Å²) in [6.45, 7) is 0.166. The Kier molecular flexibility index (Phi) is 6.00. The topological polar surface area (TPSA) is 101 Å². The van der Waals surface area contributed by atoms with E-state index >= 15 is 0 Å². The van der Waals surface area contributed by atoms with Gasteiger partial charge in [0.25, 0.3) is 5.69 Å². The molecule has 0 spiro atoms. The van der Waals surface area contributed by atoms with Crippen molar-refractivity contribution in [3.8, 4) is 0 Å². The fourth-order valence-corrected chi connectivity index (χ4v) is 3.72. The lowest BCUT2D eigenvalue weighted by molar-refractivity contribution is -0.384. The van der Waals surface area contributed by atoms with E-state index in [0.29, 0.717) is 5.69 Å². The van der Waals surface area contributed by atoms with E-state index in [1.165, 1.54) is 24.3 Å². The fraction of sp³-hybridized carbons (Fsp3) is 0.143. The Balaban J connectivity index is 1.99. The van der Waals surface area contributed by atoms with E-state index in [0.717, 1.165) is 0 Å². The minimum Gasteiger partial charge on any atom is -0.378 e. The zero-order chi connectivity index (χ0) is 17.7. The fourth-order valence-electron chi connectivity index (χ4n) is 1.93. The third-order valence-electron chi connectivity index (χ3n) is 3.02. The van der Waals surface area contributed by atoms with Gasteiger partial charge < -0.3 is 5.32 Å². The van der Waals surface area contributed by atoms with Gasteiger partial charge in [0.05, 0.1) is 9.95 Å². The van der Waals surface area contributed by atoms with Gasteiger partial charge in [0.15, 0.2) is 0 Å². The molecule has 0 aliphatic carbocycles. The first-order valence-corrected chi connectivity index (χ1v) is 8.97. The molecule has 2 rings (SSSR count). The lowest BCUT2D eigenvalue weighted by Crippen LogP contribution is -2.29. The predicted molar refractivity (Wildman–Crippen MR) is 93.2 cm³/mol. The van der Waals surface area contributed by atoms with Crippen LogP contribution >= 0.6 is 23.2 Å². The number of nitrogens with zero attached hydrogens (tertiary/aromatic N) is 1. The van der Waals surface area contributed by atoms with Gasteiger partial charge in [-0.2, -0.15) is 0 Å². The molecule has 0 atom stereocenters. The van der Waals surface area contributed by atoms with Gasteiger partial charge in [-0.05, 0) is 24.3 Å². The predicted octanol–water partition coefficient (Wildman–Crippen LogP) is 3.29. The minimum absolute atomic E-state index is 0.0111. The standard InChI is InChI=1S/C14H13Cl2N3O4S/c15-10-5-6-11(16)14(9-10)24(22,23)18-8-7-17-12-3-1-2-4-13(12)19(20)21/h1-6,9,17-18H,7-8H2.